The number of hydrogen-bond acceptors (Lipinski definition) is 2. The summed E-state index contributed by atoms with van der Waals surface area (Å²) in [6, 6.07) is 3.63. The van der Waals surface area contributed by atoms with Gasteiger partial charge in [-0.15, -0.1) is 0 Å². The van der Waals surface area contributed by atoms with Gasteiger partial charge in [0.05, 0.1) is 10.6 Å². The molecule has 0 atom stereocenters. The Kier molecular flexibility index (Phi) is 4.98. The van der Waals surface area contributed by atoms with Crippen molar-refractivity contribution in [3.8, 4) is 0 Å². The summed E-state index contributed by atoms with van der Waals surface area (Å²) >= 11 is 5.54. The summed E-state index contributed by atoms with van der Waals surface area (Å²) in [7, 11) is 0. The van der Waals surface area contributed by atoms with Gasteiger partial charge in [0, 0.05) is 31.7 Å². The highest BCUT2D eigenvalue weighted by molar-refractivity contribution is 6.31. The molecule has 0 aliphatic carbocycles. The highest BCUT2D eigenvalue weighted by Crippen LogP contribution is 2.36. The van der Waals surface area contributed by atoms with Gasteiger partial charge >= 0.3 is 6.18 Å². The molecule has 21 heavy (non-hydrogen) atoms. The molecular weight excluding hydrogens is 305 g/mol. The lowest BCUT2D eigenvalue weighted by Crippen LogP contribution is -2.29. The third kappa shape index (κ3) is 4.27. The van der Waals surface area contributed by atoms with Gasteiger partial charge in [-0.3, -0.25) is 4.79 Å². The van der Waals surface area contributed by atoms with Gasteiger partial charge in [0.25, 0.3) is 0 Å². The number of amides is 1. The van der Waals surface area contributed by atoms with E-state index < -0.39 is 11.7 Å². The summed E-state index contributed by atoms with van der Waals surface area (Å²) < 4.78 is 38.1. The Hall–Kier alpha value is -1.43. The molecule has 0 aromatic heterocycles. The third-order valence-electron chi connectivity index (χ3n) is 3.40. The fraction of sp³-hybridized carbons (Fsp3) is 0.500. The topological polar surface area (TPSA) is 32.3 Å². The Morgan fingerprint density at radius 3 is 2.57 bits per heavy atom. The molecule has 0 bridgehead atoms. The number of anilines is 1. The van der Waals surface area contributed by atoms with Crippen LogP contribution in [0.2, 0.25) is 5.02 Å². The van der Waals surface area contributed by atoms with Gasteiger partial charge in [0.1, 0.15) is 0 Å². The maximum absolute atomic E-state index is 12.7. The van der Waals surface area contributed by atoms with Crippen LogP contribution in [0.3, 0.4) is 0 Å². The molecule has 1 aliphatic rings. The molecule has 116 valence electrons. The van der Waals surface area contributed by atoms with Gasteiger partial charge in [0.15, 0.2) is 0 Å². The second-order valence-electron chi connectivity index (χ2n) is 4.96. The predicted molar refractivity (Wildman–Crippen MR) is 75.4 cm³/mol. The predicted octanol–water partition coefficient (Wildman–Crippen LogP) is 3.78. The van der Waals surface area contributed by atoms with Crippen molar-refractivity contribution >= 4 is 23.2 Å². The number of benzene rings is 1. The zero-order valence-corrected chi connectivity index (χ0v) is 12.1. The highest BCUT2D eigenvalue weighted by Gasteiger charge is 2.33. The van der Waals surface area contributed by atoms with Gasteiger partial charge in [-0.1, -0.05) is 11.6 Å². The van der Waals surface area contributed by atoms with E-state index >= 15 is 0 Å². The normalized spacial score (nSPS) is 15.3. The van der Waals surface area contributed by atoms with Crippen LogP contribution in [0.4, 0.5) is 18.9 Å². The summed E-state index contributed by atoms with van der Waals surface area (Å²) in [5.41, 5.74) is -0.569. The van der Waals surface area contributed by atoms with Crippen LogP contribution in [-0.2, 0) is 11.0 Å². The monoisotopic (exact) mass is 320 g/mol. The smallest absolute Gasteiger partial charge is 0.385 e. The van der Waals surface area contributed by atoms with E-state index in [-0.39, 0.29) is 17.4 Å². The average Bonchev–Trinajstić information content (AvgIpc) is 2.93. The number of carbonyl (C=O) groups is 1. The second kappa shape index (κ2) is 6.56. The zero-order valence-electron chi connectivity index (χ0n) is 11.3. The Balaban J connectivity index is 1.90. The van der Waals surface area contributed by atoms with E-state index in [0.717, 1.165) is 32.0 Å². The maximum atomic E-state index is 12.7. The van der Waals surface area contributed by atoms with Crippen LogP contribution in [0, 0.1) is 0 Å². The van der Waals surface area contributed by atoms with E-state index in [4.69, 9.17) is 11.6 Å². The van der Waals surface area contributed by atoms with Gasteiger partial charge in [0.2, 0.25) is 5.91 Å². The molecule has 0 radical (unpaired) electrons. The number of nitrogens with one attached hydrogen (secondary N) is 1. The molecule has 1 fully saturated rings. The first-order chi connectivity index (χ1) is 9.88. The molecule has 1 amide bonds. The van der Waals surface area contributed by atoms with Crippen LogP contribution >= 0.6 is 11.6 Å². The number of alkyl halides is 3. The van der Waals surface area contributed by atoms with Crippen LogP contribution in [0.1, 0.15) is 24.8 Å². The van der Waals surface area contributed by atoms with Crippen molar-refractivity contribution in [2.24, 2.45) is 0 Å². The first kappa shape index (κ1) is 15.9. The molecule has 1 aromatic rings. The second-order valence-corrected chi connectivity index (χ2v) is 5.36. The minimum absolute atomic E-state index is 0.0324. The van der Waals surface area contributed by atoms with Gasteiger partial charge in [-0.25, -0.2) is 0 Å². The van der Waals surface area contributed by atoms with Crippen molar-refractivity contribution < 1.29 is 18.0 Å². The third-order valence-corrected chi connectivity index (χ3v) is 3.73. The Bertz CT molecular complexity index is 513. The summed E-state index contributed by atoms with van der Waals surface area (Å²) in [5, 5.41) is 2.50. The molecule has 1 saturated heterocycles. The van der Waals surface area contributed by atoms with E-state index in [9.17, 15) is 18.0 Å². The van der Waals surface area contributed by atoms with E-state index in [2.05, 4.69) is 5.32 Å². The van der Waals surface area contributed by atoms with Crippen LogP contribution < -0.4 is 5.32 Å². The summed E-state index contributed by atoms with van der Waals surface area (Å²) in [6.07, 6.45) is -2.18. The first-order valence-electron chi connectivity index (χ1n) is 6.76. The van der Waals surface area contributed by atoms with Crippen molar-refractivity contribution in [2.75, 3.05) is 25.0 Å². The van der Waals surface area contributed by atoms with Gasteiger partial charge in [-0.05, 0) is 31.0 Å². The van der Waals surface area contributed by atoms with Crippen LogP contribution in [0.15, 0.2) is 18.2 Å². The van der Waals surface area contributed by atoms with Crippen molar-refractivity contribution in [3.05, 3.63) is 28.8 Å². The molecule has 0 spiro atoms. The van der Waals surface area contributed by atoms with Crippen molar-refractivity contribution in [1.82, 2.24) is 4.90 Å². The lowest BCUT2D eigenvalue weighted by Gasteiger charge is -2.16. The number of hydrogen-bond donors (Lipinski definition) is 1. The van der Waals surface area contributed by atoms with E-state index in [0.29, 0.717) is 12.2 Å². The lowest BCUT2D eigenvalue weighted by atomic mass is 10.2. The number of halogens is 4. The number of rotatable bonds is 4. The maximum Gasteiger partial charge on any atom is 0.417 e. The van der Waals surface area contributed by atoms with Crippen LogP contribution in [0.25, 0.3) is 0 Å². The summed E-state index contributed by atoms with van der Waals surface area (Å²) in [6.45, 7) is 1.85. The molecule has 3 nitrogen and oxygen atoms in total. The standard InChI is InChI=1S/C14H16ClF3N2O/c15-12-4-3-10(9-11(12)14(16,17)18)19-6-5-13(21)20-7-1-2-8-20/h3-4,9,19H,1-2,5-8H2. The Morgan fingerprint density at radius 2 is 1.95 bits per heavy atom. The SMILES string of the molecule is O=C(CCNc1ccc(Cl)c(C(F)(F)F)c1)N1CCCC1. The molecule has 1 heterocycles. The molecule has 1 aliphatic heterocycles. The lowest BCUT2D eigenvalue weighted by molar-refractivity contribution is -0.137. The highest BCUT2D eigenvalue weighted by atomic mass is 35.5. The van der Waals surface area contributed by atoms with E-state index in [1.165, 1.54) is 12.1 Å². The minimum atomic E-state index is -4.49. The van der Waals surface area contributed by atoms with Crippen LogP contribution in [0.5, 0.6) is 0 Å². The molecule has 1 aromatic carbocycles. The summed E-state index contributed by atoms with van der Waals surface area (Å²) in [5.74, 6) is 0.0324. The number of carbonyl (C=O) groups excluding carboxylic acids is 1. The van der Waals surface area contributed by atoms with Crippen LogP contribution in [-0.4, -0.2) is 30.4 Å². The first-order valence-corrected chi connectivity index (χ1v) is 7.14. The molecular formula is C14H16ClF3N2O. The molecule has 1 N–H and O–H groups in total. The number of nitrogens with zero attached hydrogens (tertiary/aromatic N) is 1. The minimum Gasteiger partial charge on any atom is -0.385 e. The fourth-order valence-electron chi connectivity index (χ4n) is 2.29. The molecule has 2 rings (SSSR count). The summed E-state index contributed by atoms with van der Waals surface area (Å²) in [4.78, 5) is 13.6. The Morgan fingerprint density at radius 1 is 1.29 bits per heavy atom. The molecule has 0 saturated carbocycles. The average molecular weight is 321 g/mol. The molecule has 7 heteroatoms. The largest absolute Gasteiger partial charge is 0.417 e. The van der Waals surface area contributed by atoms with Crippen molar-refractivity contribution in [1.29, 1.82) is 0 Å². The van der Waals surface area contributed by atoms with Crippen molar-refractivity contribution in [2.45, 2.75) is 25.4 Å². The van der Waals surface area contributed by atoms with Crippen molar-refractivity contribution in [3.63, 3.8) is 0 Å². The van der Waals surface area contributed by atoms with Gasteiger partial charge in [-0.2, -0.15) is 13.2 Å². The number of likely N-dealkylation sites (tertiary alicyclic amines) is 1. The van der Waals surface area contributed by atoms with E-state index in [1.807, 2.05) is 0 Å². The molecule has 0 unspecified atom stereocenters. The van der Waals surface area contributed by atoms with E-state index in [1.54, 1.807) is 4.90 Å². The zero-order chi connectivity index (χ0) is 15.5. The van der Waals surface area contributed by atoms with Gasteiger partial charge < -0.3 is 10.2 Å². The quantitative estimate of drug-likeness (QED) is 0.915. The fourth-order valence-corrected chi connectivity index (χ4v) is 2.52. The Labute approximate surface area is 126 Å².